The number of carbonyl (C=O) groups excluding carboxylic acids is 2. The maximum atomic E-state index is 15.0. The molecule has 2 saturated heterocycles. The third-order valence-corrected chi connectivity index (χ3v) is 8.05. The average Bonchev–Trinajstić information content (AvgIpc) is 3.68. The zero-order chi connectivity index (χ0) is 31.7. The molecule has 4 aromatic rings. The SMILES string of the molecule is Cc1cc(Nc2nccn3c(-c4ccc(OCC#N)c(F)c4F)cnc23)ccc1C(=O)N1CCN(C(=O)C2CC(O)CN2)CC1. The number of nitrogens with zero attached hydrogens (tertiary/aromatic N) is 6. The fourth-order valence-corrected chi connectivity index (χ4v) is 5.70. The van der Waals surface area contributed by atoms with Gasteiger partial charge in [-0.2, -0.15) is 9.65 Å². The lowest BCUT2D eigenvalue weighted by Gasteiger charge is -2.36. The first-order chi connectivity index (χ1) is 21.7. The summed E-state index contributed by atoms with van der Waals surface area (Å²) in [5.74, 6) is -2.50. The number of imidazole rings is 1. The number of aliphatic hydroxyl groups excluding tert-OH is 1. The van der Waals surface area contributed by atoms with Gasteiger partial charge in [0, 0.05) is 61.9 Å². The molecule has 4 heterocycles. The van der Waals surface area contributed by atoms with Gasteiger partial charge in [0.15, 0.2) is 29.6 Å². The van der Waals surface area contributed by atoms with E-state index in [1.165, 1.54) is 24.5 Å². The summed E-state index contributed by atoms with van der Waals surface area (Å²) in [5.41, 5.74) is 2.53. The van der Waals surface area contributed by atoms with Gasteiger partial charge in [0.05, 0.1) is 24.0 Å². The van der Waals surface area contributed by atoms with Crippen LogP contribution in [0, 0.1) is 29.9 Å². The fourth-order valence-electron chi connectivity index (χ4n) is 5.70. The predicted molar refractivity (Wildman–Crippen MR) is 159 cm³/mol. The first-order valence-electron chi connectivity index (χ1n) is 14.4. The second-order valence-corrected chi connectivity index (χ2v) is 10.9. The highest BCUT2D eigenvalue weighted by molar-refractivity contribution is 5.96. The molecule has 232 valence electrons. The van der Waals surface area contributed by atoms with Crippen LogP contribution in [-0.2, 0) is 4.79 Å². The number of fused-ring (bicyclic) bond motifs is 1. The predicted octanol–water partition coefficient (Wildman–Crippen LogP) is 2.64. The van der Waals surface area contributed by atoms with Crippen molar-refractivity contribution in [2.24, 2.45) is 0 Å². The lowest BCUT2D eigenvalue weighted by atomic mass is 10.1. The van der Waals surface area contributed by atoms with Crippen molar-refractivity contribution in [1.82, 2.24) is 29.5 Å². The minimum atomic E-state index is -1.20. The average molecular weight is 617 g/mol. The van der Waals surface area contributed by atoms with Crippen molar-refractivity contribution in [3.05, 3.63) is 71.7 Å². The number of rotatable bonds is 7. The van der Waals surface area contributed by atoms with E-state index < -0.39 is 24.3 Å². The van der Waals surface area contributed by atoms with Crippen LogP contribution in [0.25, 0.3) is 16.9 Å². The first kappa shape index (κ1) is 29.9. The van der Waals surface area contributed by atoms with Crippen LogP contribution in [0.15, 0.2) is 48.9 Å². The summed E-state index contributed by atoms with van der Waals surface area (Å²) in [5, 5.41) is 24.6. The molecule has 6 rings (SSSR count). The highest BCUT2D eigenvalue weighted by Gasteiger charge is 2.33. The maximum Gasteiger partial charge on any atom is 0.254 e. The largest absolute Gasteiger partial charge is 0.476 e. The van der Waals surface area contributed by atoms with Gasteiger partial charge < -0.3 is 30.3 Å². The zero-order valence-electron chi connectivity index (χ0n) is 24.3. The molecule has 3 N–H and O–H groups in total. The lowest BCUT2D eigenvalue weighted by Crippen LogP contribution is -2.54. The smallest absolute Gasteiger partial charge is 0.254 e. The number of anilines is 2. The van der Waals surface area contributed by atoms with Gasteiger partial charge in [0.2, 0.25) is 11.7 Å². The van der Waals surface area contributed by atoms with E-state index in [1.807, 2.05) is 13.0 Å². The van der Waals surface area contributed by atoms with Crippen molar-refractivity contribution >= 4 is 29.0 Å². The number of halogens is 2. The topological polar surface area (TPSA) is 148 Å². The number of aromatic nitrogens is 3. The molecule has 0 aliphatic carbocycles. The van der Waals surface area contributed by atoms with Gasteiger partial charge in [-0.1, -0.05) is 0 Å². The van der Waals surface area contributed by atoms with Crippen LogP contribution in [0.3, 0.4) is 0 Å². The zero-order valence-corrected chi connectivity index (χ0v) is 24.3. The Morgan fingerprint density at radius 3 is 2.62 bits per heavy atom. The van der Waals surface area contributed by atoms with Crippen LogP contribution >= 0.6 is 0 Å². The number of hydrogen-bond donors (Lipinski definition) is 3. The Kier molecular flexibility index (Phi) is 8.29. The van der Waals surface area contributed by atoms with E-state index in [4.69, 9.17) is 10.00 Å². The van der Waals surface area contributed by atoms with Gasteiger partial charge in [-0.25, -0.2) is 14.4 Å². The molecule has 0 bridgehead atoms. The van der Waals surface area contributed by atoms with Crippen LogP contribution in [0.4, 0.5) is 20.3 Å². The number of nitriles is 1. The molecule has 2 amide bonds. The van der Waals surface area contributed by atoms with Crippen LogP contribution < -0.4 is 15.4 Å². The van der Waals surface area contributed by atoms with Crippen molar-refractivity contribution in [2.45, 2.75) is 25.5 Å². The number of β-amino-alcohol motifs (C(OH)–C–C–N with tert-alkyl or cyclic N) is 1. The molecule has 2 fully saturated rings. The number of benzene rings is 2. The second kappa shape index (κ2) is 12.5. The van der Waals surface area contributed by atoms with Gasteiger partial charge in [-0.05, 0) is 49.2 Å². The molecular weight excluding hydrogens is 586 g/mol. The van der Waals surface area contributed by atoms with E-state index in [-0.39, 0.29) is 34.9 Å². The van der Waals surface area contributed by atoms with E-state index in [0.717, 1.165) is 5.56 Å². The van der Waals surface area contributed by atoms with Crippen molar-refractivity contribution in [2.75, 3.05) is 44.6 Å². The van der Waals surface area contributed by atoms with E-state index >= 15 is 0 Å². The molecule has 12 nitrogen and oxygen atoms in total. The summed E-state index contributed by atoms with van der Waals surface area (Å²) < 4.78 is 36.1. The maximum absolute atomic E-state index is 15.0. The molecule has 2 aromatic carbocycles. The second-order valence-electron chi connectivity index (χ2n) is 10.9. The molecule has 0 radical (unpaired) electrons. The van der Waals surface area contributed by atoms with Crippen LogP contribution in [0.5, 0.6) is 5.75 Å². The van der Waals surface area contributed by atoms with Gasteiger partial charge >= 0.3 is 0 Å². The van der Waals surface area contributed by atoms with Crippen molar-refractivity contribution in [3.8, 4) is 23.1 Å². The molecular formula is C31H30F2N8O4. The van der Waals surface area contributed by atoms with Crippen molar-refractivity contribution in [3.63, 3.8) is 0 Å². The Bertz CT molecular complexity index is 1820. The Morgan fingerprint density at radius 2 is 1.91 bits per heavy atom. The quantitative estimate of drug-likeness (QED) is 0.285. The van der Waals surface area contributed by atoms with E-state index in [2.05, 4.69) is 20.6 Å². The van der Waals surface area contributed by atoms with E-state index in [0.29, 0.717) is 61.9 Å². The monoisotopic (exact) mass is 616 g/mol. The van der Waals surface area contributed by atoms with E-state index in [9.17, 15) is 23.5 Å². The van der Waals surface area contributed by atoms with Gasteiger partial charge in [-0.3, -0.25) is 14.0 Å². The van der Waals surface area contributed by atoms with Gasteiger partial charge in [0.1, 0.15) is 6.07 Å². The Morgan fingerprint density at radius 1 is 1.13 bits per heavy atom. The minimum absolute atomic E-state index is 0.0423. The lowest BCUT2D eigenvalue weighted by molar-refractivity contribution is -0.134. The highest BCUT2D eigenvalue weighted by Crippen LogP contribution is 2.32. The Balaban J connectivity index is 1.15. The van der Waals surface area contributed by atoms with Gasteiger partial charge in [-0.15, -0.1) is 0 Å². The number of amides is 2. The number of hydrogen-bond acceptors (Lipinski definition) is 9. The number of piperazine rings is 1. The summed E-state index contributed by atoms with van der Waals surface area (Å²) in [7, 11) is 0. The summed E-state index contributed by atoms with van der Waals surface area (Å²) in [6.07, 6.45) is 4.37. The number of aryl methyl sites for hydroxylation is 1. The van der Waals surface area contributed by atoms with Crippen LogP contribution in [-0.4, -0.2) is 92.6 Å². The standard InChI is InChI=1S/C31H30F2N8O4/c1-18-14-19(2-3-21(18)30(43)39-9-11-40(12-10-39)31(44)23-15-20(42)16-36-23)38-28-29-37-17-24(41(29)8-7-35-28)22-4-5-25(45-13-6-34)27(33)26(22)32/h2-5,7-8,14,17,20,23,36,42H,9-13,15-16H2,1H3,(H,35,38). The Hall–Kier alpha value is -5.13. The molecule has 0 saturated carbocycles. The first-order valence-corrected chi connectivity index (χ1v) is 14.4. The minimum Gasteiger partial charge on any atom is -0.476 e. The normalized spacial score (nSPS) is 18.2. The van der Waals surface area contributed by atoms with Crippen molar-refractivity contribution in [1.29, 1.82) is 5.26 Å². The summed E-state index contributed by atoms with van der Waals surface area (Å²) >= 11 is 0. The molecule has 14 heteroatoms. The van der Waals surface area contributed by atoms with Gasteiger partial charge in [0.25, 0.3) is 5.91 Å². The van der Waals surface area contributed by atoms with Crippen molar-refractivity contribution < 1.29 is 28.2 Å². The van der Waals surface area contributed by atoms with Crippen LogP contribution in [0.2, 0.25) is 0 Å². The molecule has 2 aliphatic rings. The number of nitrogens with one attached hydrogen (secondary N) is 2. The summed E-state index contributed by atoms with van der Waals surface area (Å²) in [4.78, 5) is 38.3. The molecule has 2 aromatic heterocycles. The molecule has 2 unspecified atom stereocenters. The third kappa shape index (κ3) is 5.87. The molecule has 0 spiro atoms. The molecule has 45 heavy (non-hydrogen) atoms. The highest BCUT2D eigenvalue weighted by atomic mass is 19.2. The number of aliphatic hydroxyl groups is 1. The summed E-state index contributed by atoms with van der Waals surface area (Å²) in [6.45, 7) is 3.50. The molecule has 2 aliphatic heterocycles. The summed E-state index contributed by atoms with van der Waals surface area (Å²) in [6, 6.07) is 9.25. The van der Waals surface area contributed by atoms with E-state index in [1.54, 1.807) is 38.6 Å². The third-order valence-electron chi connectivity index (χ3n) is 8.05. The Labute approximate surface area is 256 Å². The molecule has 2 atom stereocenters. The fraction of sp³-hybridized carbons (Fsp3) is 0.323. The number of carbonyl (C=O) groups is 2. The number of ether oxygens (including phenoxy) is 1. The van der Waals surface area contributed by atoms with Crippen LogP contribution in [0.1, 0.15) is 22.3 Å².